The summed E-state index contributed by atoms with van der Waals surface area (Å²) in [6, 6.07) is 0. The van der Waals surface area contributed by atoms with E-state index in [1.54, 1.807) is 7.11 Å². The van der Waals surface area contributed by atoms with Crippen molar-refractivity contribution in [3.05, 3.63) is 11.4 Å². The Balaban J connectivity index is 1.56. The van der Waals surface area contributed by atoms with Gasteiger partial charge in [-0.1, -0.05) is 5.21 Å². The Morgan fingerprint density at radius 1 is 1.45 bits per heavy atom. The van der Waals surface area contributed by atoms with Crippen molar-refractivity contribution in [3.63, 3.8) is 0 Å². The maximum Gasteiger partial charge on any atom is 0.0999 e. The average Bonchev–Trinajstić information content (AvgIpc) is 2.88. The summed E-state index contributed by atoms with van der Waals surface area (Å²) in [7, 11) is 1.72. The van der Waals surface area contributed by atoms with Gasteiger partial charge in [0.15, 0.2) is 0 Å². The van der Waals surface area contributed by atoms with Crippen molar-refractivity contribution in [2.24, 2.45) is 5.92 Å². The number of rotatable bonds is 5. The number of nitrogens with zero attached hydrogens (tertiary/aromatic N) is 4. The van der Waals surface area contributed by atoms with Crippen LogP contribution in [0.15, 0.2) is 0 Å². The van der Waals surface area contributed by atoms with Gasteiger partial charge in [-0.3, -0.25) is 4.90 Å². The van der Waals surface area contributed by atoms with Crippen LogP contribution in [0.25, 0.3) is 0 Å². The number of fused-ring (bicyclic) bond motifs is 1. The van der Waals surface area contributed by atoms with E-state index in [1.807, 2.05) is 4.68 Å². The van der Waals surface area contributed by atoms with Gasteiger partial charge >= 0.3 is 0 Å². The van der Waals surface area contributed by atoms with E-state index in [2.05, 4.69) is 15.2 Å². The molecule has 1 atom stereocenters. The van der Waals surface area contributed by atoms with Crippen molar-refractivity contribution in [1.29, 1.82) is 0 Å². The molecule has 0 N–H and O–H groups in total. The number of hydrogen-bond donors (Lipinski definition) is 0. The summed E-state index contributed by atoms with van der Waals surface area (Å²) in [5.74, 6) is 0.689. The standard InChI is InChI=1S/C14H24N4O2/c1-19-8-6-18-14-4-5-17(10-13(14)15-16-18)9-12-3-2-7-20-11-12/h12H,2-11H2,1H3. The van der Waals surface area contributed by atoms with Gasteiger partial charge in [0.25, 0.3) is 0 Å². The zero-order valence-electron chi connectivity index (χ0n) is 12.3. The number of ether oxygens (including phenoxy) is 2. The van der Waals surface area contributed by atoms with Crippen molar-refractivity contribution < 1.29 is 9.47 Å². The van der Waals surface area contributed by atoms with E-state index >= 15 is 0 Å². The van der Waals surface area contributed by atoms with E-state index in [-0.39, 0.29) is 0 Å². The minimum Gasteiger partial charge on any atom is -0.383 e. The van der Waals surface area contributed by atoms with Crippen LogP contribution in [0.1, 0.15) is 24.2 Å². The third-order valence-corrected chi connectivity index (χ3v) is 4.23. The molecule has 112 valence electrons. The fourth-order valence-corrected chi connectivity index (χ4v) is 3.15. The van der Waals surface area contributed by atoms with E-state index in [0.29, 0.717) is 12.5 Å². The first-order chi connectivity index (χ1) is 9.86. The fourth-order valence-electron chi connectivity index (χ4n) is 3.15. The second-order valence-electron chi connectivity index (χ2n) is 5.77. The van der Waals surface area contributed by atoms with Crippen molar-refractivity contribution in [2.45, 2.75) is 32.4 Å². The maximum absolute atomic E-state index is 5.57. The molecule has 2 aliphatic rings. The van der Waals surface area contributed by atoms with E-state index in [0.717, 1.165) is 51.5 Å². The van der Waals surface area contributed by atoms with Crippen LogP contribution in [0, 0.1) is 5.92 Å². The molecule has 3 rings (SSSR count). The largest absolute Gasteiger partial charge is 0.383 e. The molecule has 20 heavy (non-hydrogen) atoms. The van der Waals surface area contributed by atoms with Gasteiger partial charge in [0.2, 0.25) is 0 Å². The third kappa shape index (κ3) is 3.19. The van der Waals surface area contributed by atoms with E-state index in [4.69, 9.17) is 9.47 Å². The monoisotopic (exact) mass is 280 g/mol. The van der Waals surface area contributed by atoms with Gasteiger partial charge in [-0.25, -0.2) is 4.68 Å². The first kappa shape index (κ1) is 14.0. The molecule has 2 aliphatic heterocycles. The minimum absolute atomic E-state index is 0.689. The number of methoxy groups -OCH3 is 1. The summed E-state index contributed by atoms with van der Waals surface area (Å²) in [5, 5.41) is 8.59. The van der Waals surface area contributed by atoms with Crippen LogP contribution in [-0.2, 0) is 29.0 Å². The van der Waals surface area contributed by atoms with E-state index < -0.39 is 0 Å². The summed E-state index contributed by atoms with van der Waals surface area (Å²) in [4.78, 5) is 2.50. The molecule has 1 aromatic rings. The molecule has 0 radical (unpaired) electrons. The Kier molecular flexibility index (Phi) is 4.65. The molecule has 0 aliphatic carbocycles. The summed E-state index contributed by atoms with van der Waals surface area (Å²) in [6.45, 7) is 6.51. The Hall–Kier alpha value is -0.980. The van der Waals surface area contributed by atoms with Crippen LogP contribution in [-0.4, -0.2) is 59.9 Å². The van der Waals surface area contributed by atoms with Crippen molar-refractivity contribution in [3.8, 4) is 0 Å². The van der Waals surface area contributed by atoms with Gasteiger partial charge in [-0.05, 0) is 18.8 Å². The third-order valence-electron chi connectivity index (χ3n) is 4.23. The molecule has 1 aromatic heterocycles. The van der Waals surface area contributed by atoms with Gasteiger partial charge in [-0.15, -0.1) is 5.10 Å². The highest BCUT2D eigenvalue weighted by molar-refractivity contribution is 5.13. The number of hydrogen-bond acceptors (Lipinski definition) is 5. The molecule has 6 heteroatoms. The molecule has 0 amide bonds. The maximum atomic E-state index is 5.57. The molecule has 0 spiro atoms. The van der Waals surface area contributed by atoms with Gasteiger partial charge in [0.1, 0.15) is 0 Å². The molecule has 6 nitrogen and oxygen atoms in total. The smallest absolute Gasteiger partial charge is 0.0999 e. The van der Waals surface area contributed by atoms with Gasteiger partial charge in [-0.2, -0.15) is 0 Å². The van der Waals surface area contributed by atoms with Crippen molar-refractivity contribution in [1.82, 2.24) is 19.9 Å². The first-order valence-electron chi connectivity index (χ1n) is 7.57. The molecule has 3 heterocycles. The minimum atomic E-state index is 0.689. The predicted molar refractivity (Wildman–Crippen MR) is 74.4 cm³/mol. The molecule has 0 saturated carbocycles. The Morgan fingerprint density at radius 3 is 3.20 bits per heavy atom. The van der Waals surface area contributed by atoms with Crippen LogP contribution in [0.4, 0.5) is 0 Å². The van der Waals surface area contributed by atoms with Gasteiger partial charge < -0.3 is 9.47 Å². The molecule has 1 saturated heterocycles. The molecular weight excluding hydrogens is 256 g/mol. The quantitative estimate of drug-likeness (QED) is 0.795. The Morgan fingerprint density at radius 2 is 2.40 bits per heavy atom. The lowest BCUT2D eigenvalue weighted by Crippen LogP contribution is -2.37. The second-order valence-corrected chi connectivity index (χ2v) is 5.77. The topological polar surface area (TPSA) is 52.4 Å². The van der Waals surface area contributed by atoms with Crippen LogP contribution in [0.5, 0.6) is 0 Å². The Bertz CT molecular complexity index is 429. The zero-order valence-corrected chi connectivity index (χ0v) is 12.3. The van der Waals surface area contributed by atoms with E-state index in [9.17, 15) is 0 Å². The fraction of sp³-hybridized carbons (Fsp3) is 0.857. The predicted octanol–water partition coefficient (Wildman–Crippen LogP) is 0.709. The highest BCUT2D eigenvalue weighted by Gasteiger charge is 2.24. The second kappa shape index (κ2) is 6.65. The number of aromatic nitrogens is 3. The van der Waals surface area contributed by atoms with Crippen LogP contribution in [0.3, 0.4) is 0 Å². The highest BCUT2D eigenvalue weighted by atomic mass is 16.5. The van der Waals surface area contributed by atoms with Gasteiger partial charge in [0.05, 0.1) is 31.1 Å². The van der Waals surface area contributed by atoms with Crippen molar-refractivity contribution >= 4 is 0 Å². The van der Waals surface area contributed by atoms with Crippen LogP contribution < -0.4 is 0 Å². The Labute approximate surface area is 120 Å². The molecular formula is C14H24N4O2. The van der Waals surface area contributed by atoms with Crippen molar-refractivity contribution in [2.75, 3.05) is 40.0 Å². The summed E-state index contributed by atoms with van der Waals surface area (Å²) in [5.41, 5.74) is 2.43. The lowest BCUT2D eigenvalue weighted by Gasteiger charge is -2.31. The van der Waals surface area contributed by atoms with Crippen LogP contribution in [0.2, 0.25) is 0 Å². The highest BCUT2D eigenvalue weighted by Crippen LogP contribution is 2.20. The lowest BCUT2D eigenvalue weighted by atomic mass is 10.0. The molecule has 0 bridgehead atoms. The molecule has 1 unspecified atom stereocenters. The van der Waals surface area contributed by atoms with Crippen LogP contribution >= 0.6 is 0 Å². The van der Waals surface area contributed by atoms with E-state index in [1.165, 1.54) is 18.5 Å². The SMILES string of the molecule is COCCn1nnc2c1CCN(CC1CCCOC1)C2. The first-order valence-corrected chi connectivity index (χ1v) is 7.57. The normalized spacial score (nSPS) is 23.8. The molecule has 0 aromatic carbocycles. The average molecular weight is 280 g/mol. The summed E-state index contributed by atoms with van der Waals surface area (Å²) < 4.78 is 12.7. The molecule has 1 fully saturated rings. The van der Waals surface area contributed by atoms with Gasteiger partial charge in [0, 0.05) is 39.8 Å². The summed E-state index contributed by atoms with van der Waals surface area (Å²) in [6.07, 6.45) is 3.54. The lowest BCUT2D eigenvalue weighted by molar-refractivity contribution is 0.0360. The zero-order chi connectivity index (χ0) is 13.8. The summed E-state index contributed by atoms with van der Waals surface area (Å²) >= 11 is 0.